The molecule has 3 heterocycles. The van der Waals surface area contributed by atoms with E-state index in [4.69, 9.17) is 9.72 Å². The van der Waals surface area contributed by atoms with Crippen LogP contribution in [-0.4, -0.2) is 31.8 Å². The Morgan fingerprint density at radius 1 is 1.17 bits per heavy atom. The molecule has 0 spiro atoms. The number of imidazole rings is 1. The van der Waals surface area contributed by atoms with E-state index in [9.17, 15) is 9.59 Å². The van der Waals surface area contributed by atoms with Gasteiger partial charge in [-0.05, 0) is 43.0 Å². The van der Waals surface area contributed by atoms with E-state index in [1.807, 2.05) is 49.6 Å². The van der Waals surface area contributed by atoms with Crippen molar-refractivity contribution in [2.45, 2.75) is 40.8 Å². The second kappa shape index (κ2) is 7.66. The fraction of sp³-hybridized carbons (Fsp3) is 0.500. The van der Waals surface area contributed by atoms with Crippen molar-refractivity contribution in [2.24, 2.45) is 18.9 Å². The number of benzene rings is 1. The summed E-state index contributed by atoms with van der Waals surface area (Å²) in [5.74, 6) is 2.02. The van der Waals surface area contributed by atoms with Crippen LogP contribution in [-0.2, 0) is 20.1 Å². The molecule has 160 valence electrons. The molecule has 1 aliphatic heterocycles. The van der Waals surface area contributed by atoms with Crippen molar-refractivity contribution in [1.82, 2.24) is 18.7 Å². The van der Waals surface area contributed by atoms with Crippen molar-refractivity contribution < 1.29 is 4.74 Å². The van der Waals surface area contributed by atoms with Crippen LogP contribution in [0.2, 0.25) is 0 Å². The number of ether oxygens (including phenoxy) is 1. The van der Waals surface area contributed by atoms with Crippen molar-refractivity contribution in [3.05, 3.63) is 45.1 Å². The molecule has 0 radical (unpaired) electrons. The van der Waals surface area contributed by atoms with Crippen molar-refractivity contribution in [3.63, 3.8) is 0 Å². The van der Waals surface area contributed by atoms with Gasteiger partial charge in [0.25, 0.3) is 5.56 Å². The average Bonchev–Trinajstić information content (AvgIpc) is 3.09. The average molecular weight is 412 g/mol. The zero-order chi connectivity index (χ0) is 21.6. The number of fused-ring (bicyclic) bond motifs is 3. The van der Waals surface area contributed by atoms with Gasteiger partial charge in [0.05, 0.1) is 6.61 Å². The maximum absolute atomic E-state index is 13.3. The van der Waals surface area contributed by atoms with E-state index >= 15 is 0 Å². The molecule has 0 aliphatic carbocycles. The smallest absolute Gasteiger partial charge is 0.332 e. The third kappa shape index (κ3) is 3.30. The first-order valence-corrected chi connectivity index (χ1v) is 10.5. The molecular weight excluding hydrogens is 382 g/mol. The first-order valence-electron chi connectivity index (χ1n) is 10.5. The Bertz CT molecular complexity index is 1190. The summed E-state index contributed by atoms with van der Waals surface area (Å²) in [6.45, 7) is 10.6. The van der Waals surface area contributed by atoms with Crippen molar-refractivity contribution in [1.29, 1.82) is 0 Å². The van der Waals surface area contributed by atoms with E-state index in [1.54, 1.807) is 7.05 Å². The van der Waals surface area contributed by atoms with Crippen LogP contribution in [0.15, 0.2) is 33.9 Å². The van der Waals surface area contributed by atoms with E-state index in [-0.39, 0.29) is 17.2 Å². The fourth-order valence-corrected chi connectivity index (χ4v) is 4.14. The van der Waals surface area contributed by atoms with Crippen LogP contribution >= 0.6 is 0 Å². The SMILES string of the molecule is CCOc1ccc(N2C[C@H](C)Cn3c2nc2c3c(=O)n(CC(C)C)c(=O)n2C)cc1. The Morgan fingerprint density at radius 2 is 1.87 bits per heavy atom. The maximum Gasteiger partial charge on any atom is 0.332 e. The molecule has 0 saturated carbocycles. The molecule has 3 aromatic rings. The predicted molar refractivity (Wildman–Crippen MR) is 118 cm³/mol. The van der Waals surface area contributed by atoms with Gasteiger partial charge in [0.1, 0.15) is 5.75 Å². The third-order valence-electron chi connectivity index (χ3n) is 5.45. The monoisotopic (exact) mass is 411 g/mol. The maximum atomic E-state index is 13.3. The Kier molecular flexibility index (Phi) is 5.17. The zero-order valence-corrected chi connectivity index (χ0v) is 18.3. The molecule has 1 atom stereocenters. The van der Waals surface area contributed by atoms with Gasteiger partial charge in [0, 0.05) is 32.4 Å². The number of anilines is 2. The summed E-state index contributed by atoms with van der Waals surface area (Å²) in [7, 11) is 1.69. The molecule has 0 saturated heterocycles. The van der Waals surface area contributed by atoms with Crippen LogP contribution in [0.1, 0.15) is 27.7 Å². The summed E-state index contributed by atoms with van der Waals surface area (Å²) in [5, 5.41) is 0. The predicted octanol–water partition coefficient (Wildman–Crippen LogP) is 2.74. The Morgan fingerprint density at radius 3 is 2.50 bits per heavy atom. The van der Waals surface area contributed by atoms with Gasteiger partial charge in [-0.3, -0.25) is 13.9 Å². The minimum Gasteiger partial charge on any atom is -0.494 e. The molecule has 4 rings (SSSR count). The number of nitrogens with zero attached hydrogens (tertiary/aromatic N) is 5. The molecule has 8 nitrogen and oxygen atoms in total. The van der Waals surface area contributed by atoms with Gasteiger partial charge in [-0.2, -0.15) is 4.98 Å². The minimum atomic E-state index is -0.322. The molecule has 0 fully saturated rings. The quantitative estimate of drug-likeness (QED) is 0.645. The molecular formula is C22H29N5O3. The van der Waals surface area contributed by atoms with Crippen molar-refractivity contribution in [2.75, 3.05) is 18.1 Å². The summed E-state index contributed by atoms with van der Waals surface area (Å²) in [6.07, 6.45) is 0. The fourth-order valence-electron chi connectivity index (χ4n) is 4.14. The lowest BCUT2D eigenvalue weighted by molar-refractivity contribution is 0.340. The standard InChI is InChI=1S/C22H29N5O3/c1-6-30-17-9-7-16(8-10-17)25-12-15(4)13-26-18-19(23-21(25)26)24(5)22(29)27(20(18)28)11-14(2)3/h7-10,14-15H,6,11-13H2,1-5H3/t15-/m0/s1. The van der Waals surface area contributed by atoms with Gasteiger partial charge in [-0.15, -0.1) is 0 Å². The summed E-state index contributed by atoms with van der Waals surface area (Å²) in [4.78, 5) is 33.0. The van der Waals surface area contributed by atoms with Gasteiger partial charge in [-0.1, -0.05) is 20.8 Å². The third-order valence-corrected chi connectivity index (χ3v) is 5.45. The molecule has 8 heteroatoms. The van der Waals surface area contributed by atoms with Gasteiger partial charge in [0.2, 0.25) is 5.95 Å². The van der Waals surface area contributed by atoms with Crippen molar-refractivity contribution in [3.8, 4) is 5.75 Å². The highest BCUT2D eigenvalue weighted by atomic mass is 16.5. The van der Waals surface area contributed by atoms with E-state index in [0.717, 1.165) is 18.0 Å². The molecule has 0 N–H and O–H groups in total. The second-order valence-electron chi connectivity index (χ2n) is 8.49. The highest BCUT2D eigenvalue weighted by Crippen LogP contribution is 2.33. The minimum absolute atomic E-state index is 0.191. The van der Waals surface area contributed by atoms with Crippen LogP contribution in [0.5, 0.6) is 5.75 Å². The largest absolute Gasteiger partial charge is 0.494 e. The van der Waals surface area contributed by atoms with Crippen molar-refractivity contribution >= 4 is 22.8 Å². The molecule has 1 aromatic carbocycles. The van der Waals surface area contributed by atoms with E-state index < -0.39 is 0 Å². The summed E-state index contributed by atoms with van der Waals surface area (Å²) >= 11 is 0. The normalized spacial score (nSPS) is 16.3. The lowest BCUT2D eigenvalue weighted by Crippen LogP contribution is -2.41. The Labute approximate surface area is 175 Å². The molecule has 0 bridgehead atoms. The van der Waals surface area contributed by atoms with Crippen LogP contribution in [0.3, 0.4) is 0 Å². The highest BCUT2D eigenvalue weighted by molar-refractivity contribution is 5.77. The lowest BCUT2D eigenvalue weighted by Gasteiger charge is -2.33. The second-order valence-corrected chi connectivity index (χ2v) is 8.49. The molecule has 0 amide bonds. The topological polar surface area (TPSA) is 74.3 Å². The zero-order valence-electron chi connectivity index (χ0n) is 18.3. The molecule has 2 aromatic heterocycles. The number of hydrogen-bond acceptors (Lipinski definition) is 5. The number of rotatable bonds is 5. The van der Waals surface area contributed by atoms with Crippen LogP contribution in [0.4, 0.5) is 11.6 Å². The summed E-state index contributed by atoms with van der Waals surface area (Å²) < 4.78 is 10.4. The van der Waals surface area contributed by atoms with Crippen LogP contribution in [0.25, 0.3) is 11.2 Å². The number of aryl methyl sites for hydroxylation is 1. The lowest BCUT2D eigenvalue weighted by atomic mass is 10.1. The molecule has 30 heavy (non-hydrogen) atoms. The first kappa shape index (κ1) is 20.3. The van der Waals surface area contributed by atoms with Crippen LogP contribution < -0.4 is 20.9 Å². The van der Waals surface area contributed by atoms with Gasteiger partial charge in [0.15, 0.2) is 11.2 Å². The summed E-state index contributed by atoms with van der Waals surface area (Å²) in [5.41, 5.74) is 1.33. The molecule has 0 unspecified atom stereocenters. The summed E-state index contributed by atoms with van der Waals surface area (Å²) in [6, 6.07) is 7.89. The molecule has 1 aliphatic rings. The van der Waals surface area contributed by atoms with Crippen LogP contribution in [0, 0.1) is 11.8 Å². The Hall–Kier alpha value is -3.03. The number of aromatic nitrogens is 4. The van der Waals surface area contributed by atoms with E-state index in [1.165, 1.54) is 9.13 Å². The van der Waals surface area contributed by atoms with Gasteiger partial charge in [-0.25, -0.2) is 4.79 Å². The Balaban J connectivity index is 1.91. The highest BCUT2D eigenvalue weighted by Gasteiger charge is 2.29. The van der Waals surface area contributed by atoms with E-state index in [0.29, 0.717) is 42.7 Å². The first-order chi connectivity index (χ1) is 14.3. The van der Waals surface area contributed by atoms with E-state index in [2.05, 4.69) is 11.8 Å². The van der Waals surface area contributed by atoms with Gasteiger partial charge < -0.3 is 14.2 Å². The number of hydrogen-bond donors (Lipinski definition) is 0. The van der Waals surface area contributed by atoms with Gasteiger partial charge >= 0.3 is 5.69 Å².